The van der Waals surface area contributed by atoms with Crippen LogP contribution in [-0.2, 0) is 4.79 Å². The zero-order valence-electron chi connectivity index (χ0n) is 15.1. The van der Waals surface area contributed by atoms with Gasteiger partial charge in [0.2, 0.25) is 11.8 Å². The van der Waals surface area contributed by atoms with Gasteiger partial charge in [0.15, 0.2) is 11.6 Å². The summed E-state index contributed by atoms with van der Waals surface area (Å²) >= 11 is 0. The summed E-state index contributed by atoms with van der Waals surface area (Å²) in [5.41, 5.74) is 0.806. The fourth-order valence-corrected chi connectivity index (χ4v) is 3.02. The number of benzene rings is 1. The Morgan fingerprint density at radius 3 is 2.92 bits per heavy atom. The first-order valence-corrected chi connectivity index (χ1v) is 8.70. The van der Waals surface area contributed by atoms with Crippen LogP contribution in [0.25, 0.3) is 0 Å². The molecular weight excluding hydrogens is 335 g/mol. The van der Waals surface area contributed by atoms with Crippen LogP contribution in [0.15, 0.2) is 36.7 Å². The lowest BCUT2D eigenvalue weighted by atomic mass is 9.95. The minimum absolute atomic E-state index is 0.0911. The average molecular weight is 358 g/mol. The van der Waals surface area contributed by atoms with Crippen LogP contribution in [0.4, 0.5) is 4.39 Å². The summed E-state index contributed by atoms with van der Waals surface area (Å²) in [5.74, 6) is 0.226. The molecule has 1 aromatic heterocycles. The van der Waals surface area contributed by atoms with Crippen molar-refractivity contribution in [3.05, 3.63) is 48.2 Å². The van der Waals surface area contributed by atoms with E-state index in [0.717, 1.165) is 31.6 Å². The number of aromatic nitrogens is 2. The summed E-state index contributed by atoms with van der Waals surface area (Å²) in [7, 11) is 3.53. The van der Waals surface area contributed by atoms with E-state index in [0.29, 0.717) is 6.54 Å². The Bertz CT molecular complexity index is 769. The molecule has 6 nitrogen and oxygen atoms in total. The van der Waals surface area contributed by atoms with Gasteiger partial charge in [0, 0.05) is 32.8 Å². The minimum Gasteiger partial charge on any atom is -0.434 e. The molecule has 0 saturated carbocycles. The molecule has 2 aromatic rings. The van der Waals surface area contributed by atoms with E-state index < -0.39 is 5.82 Å². The highest BCUT2D eigenvalue weighted by Gasteiger charge is 2.25. The molecule has 1 aromatic carbocycles. The van der Waals surface area contributed by atoms with E-state index in [1.807, 2.05) is 0 Å². The van der Waals surface area contributed by atoms with Crippen molar-refractivity contribution in [3.8, 4) is 11.6 Å². The highest BCUT2D eigenvalue weighted by atomic mass is 19.1. The number of amides is 1. The molecule has 0 radical (unpaired) electrons. The quantitative estimate of drug-likeness (QED) is 0.822. The molecule has 1 atom stereocenters. The summed E-state index contributed by atoms with van der Waals surface area (Å²) in [4.78, 5) is 24.4. The molecule has 138 valence electrons. The number of carbonyl (C=O) groups excluding carboxylic acids is 1. The lowest BCUT2D eigenvalue weighted by Crippen LogP contribution is -2.41. The zero-order valence-corrected chi connectivity index (χ0v) is 15.1. The molecule has 3 rings (SSSR count). The van der Waals surface area contributed by atoms with Crippen molar-refractivity contribution in [1.82, 2.24) is 19.8 Å². The second kappa shape index (κ2) is 8.23. The number of likely N-dealkylation sites (N-methyl/N-ethyl adjacent to an activating group) is 1. The topological polar surface area (TPSA) is 58.6 Å². The van der Waals surface area contributed by atoms with Gasteiger partial charge in [0.05, 0.1) is 18.4 Å². The van der Waals surface area contributed by atoms with E-state index >= 15 is 0 Å². The fraction of sp³-hybridized carbons (Fsp3) is 0.421. The molecule has 0 bridgehead atoms. The maximum absolute atomic E-state index is 13.8. The van der Waals surface area contributed by atoms with Gasteiger partial charge in [-0.15, -0.1) is 0 Å². The molecule has 26 heavy (non-hydrogen) atoms. The number of likely N-dealkylation sites (tertiary alicyclic amines) is 1. The average Bonchev–Trinajstić information content (AvgIpc) is 2.64. The smallest absolute Gasteiger partial charge is 0.238 e. The van der Waals surface area contributed by atoms with Crippen molar-refractivity contribution in [3.63, 3.8) is 0 Å². The summed E-state index contributed by atoms with van der Waals surface area (Å²) in [6, 6.07) is 6.21. The van der Waals surface area contributed by atoms with Gasteiger partial charge in [-0.2, -0.15) is 0 Å². The third kappa shape index (κ3) is 4.54. The number of nitrogens with zero attached hydrogens (tertiary/aromatic N) is 4. The first kappa shape index (κ1) is 18.3. The van der Waals surface area contributed by atoms with Crippen molar-refractivity contribution in [2.45, 2.75) is 18.8 Å². The van der Waals surface area contributed by atoms with Crippen LogP contribution in [0.5, 0.6) is 11.6 Å². The highest BCUT2D eigenvalue weighted by molar-refractivity contribution is 5.77. The molecule has 1 unspecified atom stereocenters. The monoisotopic (exact) mass is 358 g/mol. The molecule has 1 aliphatic heterocycles. The van der Waals surface area contributed by atoms with Crippen molar-refractivity contribution >= 4 is 5.91 Å². The molecule has 1 amide bonds. The van der Waals surface area contributed by atoms with E-state index in [4.69, 9.17) is 4.74 Å². The van der Waals surface area contributed by atoms with Crippen LogP contribution in [0.1, 0.15) is 24.5 Å². The van der Waals surface area contributed by atoms with Crippen LogP contribution in [0.2, 0.25) is 0 Å². The Morgan fingerprint density at radius 2 is 2.15 bits per heavy atom. The highest BCUT2D eigenvalue weighted by Crippen LogP contribution is 2.28. The predicted octanol–water partition coefficient (Wildman–Crippen LogP) is 2.68. The number of hydrogen-bond acceptors (Lipinski definition) is 5. The number of piperidine rings is 1. The minimum atomic E-state index is -0.439. The lowest BCUT2D eigenvalue weighted by Gasteiger charge is -2.32. The van der Waals surface area contributed by atoms with Crippen LogP contribution >= 0.6 is 0 Å². The van der Waals surface area contributed by atoms with Crippen molar-refractivity contribution in [2.75, 3.05) is 33.7 Å². The SMILES string of the molecule is CN(C)C(=O)CN1CCCC(c2cncc(Oc3ccccc3F)n2)C1. The van der Waals surface area contributed by atoms with Gasteiger partial charge >= 0.3 is 0 Å². The summed E-state index contributed by atoms with van der Waals surface area (Å²) in [6.45, 7) is 2.05. The number of hydrogen-bond donors (Lipinski definition) is 0. The number of carbonyl (C=O) groups is 1. The van der Waals surface area contributed by atoms with E-state index in [1.165, 1.54) is 12.3 Å². The number of ether oxygens (including phenoxy) is 1. The van der Waals surface area contributed by atoms with Crippen molar-refractivity contribution < 1.29 is 13.9 Å². The van der Waals surface area contributed by atoms with Gasteiger partial charge in [-0.3, -0.25) is 14.7 Å². The summed E-state index contributed by atoms with van der Waals surface area (Å²) in [6.07, 6.45) is 5.16. The van der Waals surface area contributed by atoms with E-state index in [9.17, 15) is 9.18 Å². The first-order valence-electron chi connectivity index (χ1n) is 8.70. The van der Waals surface area contributed by atoms with E-state index in [1.54, 1.807) is 43.4 Å². The molecule has 1 saturated heterocycles. The number of halogens is 1. The van der Waals surface area contributed by atoms with Crippen molar-refractivity contribution in [1.29, 1.82) is 0 Å². The zero-order chi connectivity index (χ0) is 18.5. The van der Waals surface area contributed by atoms with E-state index in [2.05, 4.69) is 14.9 Å². The molecular formula is C19H23FN4O2. The molecule has 0 spiro atoms. The van der Waals surface area contributed by atoms with Crippen molar-refractivity contribution in [2.24, 2.45) is 0 Å². The molecule has 1 aliphatic rings. The van der Waals surface area contributed by atoms with Crippen LogP contribution in [0, 0.1) is 5.82 Å². The van der Waals surface area contributed by atoms with Gasteiger partial charge in [-0.1, -0.05) is 12.1 Å². The standard InChI is InChI=1S/C19H23FN4O2/c1-23(2)19(25)13-24-9-5-6-14(12-24)16-10-21-11-18(22-16)26-17-8-4-3-7-15(17)20/h3-4,7-8,10-11,14H,5-6,9,12-13H2,1-2H3. The second-order valence-corrected chi connectivity index (χ2v) is 6.68. The van der Waals surface area contributed by atoms with Crippen LogP contribution in [0.3, 0.4) is 0 Å². The van der Waals surface area contributed by atoms with Crippen LogP contribution < -0.4 is 4.74 Å². The normalized spacial score (nSPS) is 17.7. The molecule has 0 aliphatic carbocycles. The number of para-hydroxylation sites is 1. The Balaban J connectivity index is 1.69. The maximum Gasteiger partial charge on any atom is 0.238 e. The Kier molecular flexibility index (Phi) is 5.78. The Morgan fingerprint density at radius 1 is 1.35 bits per heavy atom. The molecule has 1 fully saturated rings. The first-order chi connectivity index (χ1) is 12.5. The Hall–Kier alpha value is -2.54. The van der Waals surface area contributed by atoms with Gasteiger partial charge < -0.3 is 9.64 Å². The van der Waals surface area contributed by atoms with Gasteiger partial charge in [0.1, 0.15) is 0 Å². The predicted molar refractivity (Wildman–Crippen MR) is 95.6 cm³/mol. The molecule has 0 N–H and O–H groups in total. The lowest BCUT2D eigenvalue weighted by molar-refractivity contribution is -0.130. The number of rotatable bonds is 5. The summed E-state index contributed by atoms with van der Waals surface area (Å²) in [5, 5.41) is 0. The van der Waals surface area contributed by atoms with Gasteiger partial charge in [0.25, 0.3) is 0 Å². The largest absolute Gasteiger partial charge is 0.434 e. The van der Waals surface area contributed by atoms with Gasteiger partial charge in [-0.25, -0.2) is 9.37 Å². The third-order valence-electron chi connectivity index (χ3n) is 4.46. The molecule has 7 heteroatoms. The maximum atomic E-state index is 13.8. The summed E-state index contributed by atoms with van der Waals surface area (Å²) < 4.78 is 19.3. The van der Waals surface area contributed by atoms with Crippen LogP contribution in [-0.4, -0.2) is 59.4 Å². The molecule has 2 heterocycles. The second-order valence-electron chi connectivity index (χ2n) is 6.68. The third-order valence-corrected chi connectivity index (χ3v) is 4.46. The van der Waals surface area contributed by atoms with E-state index in [-0.39, 0.29) is 23.5 Å². The Labute approximate surface area is 152 Å². The fourth-order valence-electron chi connectivity index (χ4n) is 3.02. The van der Waals surface area contributed by atoms with Gasteiger partial charge in [-0.05, 0) is 31.5 Å².